The summed E-state index contributed by atoms with van der Waals surface area (Å²) in [6.45, 7) is 0.346. The number of rotatable bonds is 3. The summed E-state index contributed by atoms with van der Waals surface area (Å²) in [6, 6.07) is 7.04. The van der Waals surface area contributed by atoms with E-state index < -0.39 is 0 Å². The maximum absolute atomic E-state index is 12.5. The van der Waals surface area contributed by atoms with Crippen LogP contribution in [0.1, 0.15) is 26.5 Å². The summed E-state index contributed by atoms with van der Waals surface area (Å²) in [5.74, 6) is 0.263. The number of ketones is 2. The van der Waals surface area contributed by atoms with Crippen molar-refractivity contribution in [3.05, 3.63) is 68.1 Å². The van der Waals surface area contributed by atoms with Crippen molar-refractivity contribution in [2.75, 3.05) is 0 Å². The first-order valence-corrected chi connectivity index (χ1v) is 7.71. The van der Waals surface area contributed by atoms with Crippen molar-refractivity contribution in [3.8, 4) is 0 Å². The van der Waals surface area contributed by atoms with Gasteiger partial charge in [0, 0.05) is 20.6 Å². The molecule has 1 aliphatic rings. The van der Waals surface area contributed by atoms with Gasteiger partial charge in [0.1, 0.15) is 5.76 Å². The Balaban J connectivity index is 1.94. The number of furan rings is 1. The Labute approximate surface area is 137 Å². The van der Waals surface area contributed by atoms with Crippen LogP contribution in [0.15, 0.2) is 55.7 Å². The standard InChI is InChI=1S/C15H9Br2NO3/c16-9-3-4-10(17)14-13(9)12(19)6-11(15(14)20)18-7-8-2-1-5-21-8/h1-6,18H,7H2. The molecule has 1 aromatic carbocycles. The van der Waals surface area contributed by atoms with Crippen LogP contribution in [0.4, 0.5) is 0 Å². The number of fused-ring (bicyclic) bond motifs is 1. The van der Waals surface area contributed by atoms with Gasteiger partial charge in [0.25, 0.3) is 0 Å². The molecule has 0 atom stereocenters. The number of hydrogen-bond donors (Lipinski definition) is 1. The van der Waals surface area contributed by atoms with Crippen LogP contribution in [0.2, 0.25) is 0 Å². The van der Waals surface area contributed by atoms with E-state index in [2.05, 4.69) is 37.2 Å². The molecule has 1 aliphatic carbocycles. The van der Waals surface area contributed by atoms with Crippen LogP contribution in [0.25, 0.3) is 0 Å². The average molecular weight is 411 g/mol. The zero-order valence-electron chi connectivity index (χ0n) is 10.7. The molecule has 0 spiro atoms. The van der Waals surface area contributed by atoms with Crippen molar-refractivity contribution in [3.63, 3.8) is 0 Å². The molecular weight excluding hydrogens is 402 g/mol. The first-order chi connectivity index (χ1) is 10.1. The van der Waals surface area contributed by atoms with Crippen LogP contribution in [0.5, 0.6) is 0 Å². The summed E-state index contributed by atoms with van der Waals surface area (Å²) in [7, 11) is 0. The number of nitrogens with one attached hydrogen (secondary N) is 1. The number of hydrogen-bond acceptors (Lipinski definition) is 4. The van der Waals surface area contributed by atoms with Crippen LogP contribution in [0, 0.1) is 0 Å². The van der Waals surface area contributed by atoms with E-state index in [1.165, 1.54) is 6.08 Å². The Bertz CT molecular complexity index is 763. The minimum atomic E-state index is -0.218. The van der Waals surface area contributed by atoms with Crippen LogP contribution < -0.4 is 5.32 Å². The van der Waals surface area contributed by atoms with E-state index in [1.54, 1.807) is 30.5 Å². The molecule has 0 unspecified atom stereocenters. The number of carbonyl (C=O) groups excluding carboxylic acids is 2. The minimum Gasteiger partial charge on any atom is -0.467 e. The van der Waals surface area contributed by atoms with Gasteiger partial charge in [-0.15, -0.1) is 0 Å². The summed E-state index contributed by atoms with van der Waals surface area (Å²) in [5.41, 5.74) is 1.03. The van der Waals surface area contributed by atoms with Crippen molar-refractivity contribution >= 4 is 43.4 Å². The fourth-order valence-corrected chi connectivity index (χ4v) is 3.18. The predicted octanol–water partition coefficient (Wildman–Crippen LogP) is 3.86. The average Bonchev–Trinajstić information content (AvgIpc) is 2.97. The Morgan fingerprint density at radius 2 is 1.76 bits per heavy atom. The first-order valence-electron chi connectivity index (χ1n) is 6.13. The van der Waals surface area contributed by atoms with Gasteiger partial charge in [-0.3, -0.25) is 9.59 Å². The maximum Gasteiger partial charge on any atom is 0.210 e. The van der Waals surface area contributed by atoms with Gasteiger partial charge in [-0.25, -0.2) is 0 Å². The maximum atomic E-state index is 12.5. The van der Waals surface area contributed by atoms with Crippen LogP contribution in [-0.4, -0.2) is 11.6 Å². The van der Waals surface area contributed by atoms with Gasteiger partial charge in [0.15, 0.2) is 5.78 Å². The lowest BCUT2D eigenvalue weighted by molar-refractivity contribution is 0.0976. The second-order valence-corrected chi connectivity index (χ2v) is 6.17. The summed E-state index contributed by atoms with van der Waals surface area (Å²) >= 11 is 6.65. The molecule has 106 valence electrons. The molecular formula is C15H9Br2NO3. The van der Waals surface area contributed by atoms with Crippen molar-refractivity contribution in [2.24, 2.45) is 0 Å². The monoisotopic (exact) mass is 409 g/mol. The molecule has 4 nitrogen and oxygen atoms in total. The van der Waals surface area contributed by atoms with Crippen LogP contribution in [0.3, 0.4) is 0 Å². The van der Waals surface area contributed by atoms with Crippen molar-refractivity contribution in [2.45, 2.75) is 6.54 Å². The highest BCUT2D eigenvalue weighted by atomic mass is 79.9. The smallest absolute Gasteiger partial charge is 0.210 e. The molecule has 0 aliphatic heterocycles. The van der Waals surface area contributed by atoms with E-state index >= 15 is 0 Å². The van der Waals surface area contributed by atoms with E-state index in [0.717, 1.165) is 0 Å². The second kappa shape index (κ2) is 5.61. The van der Waals surface area contributed by atoms with Gasteiger partial charge < -0.3 is 9.73 Å². The molecule has 6 heteroatoms. The molecule has 0 fully saturated rings. The van der Waals surface area contributed by atoms with Crippen molar-refractivity contribution < 1.29 is 14.0 Å². The number of halogens is 2. The lowest BCUT2D eigenvalue weighted by Crippen LogP contribution is -2.27. The molecule has 1 N–H and O–H groups in total. The van der Waals surface area contributed by atoms with Gasteiger partial charge in [0.2, 0.25) is 5.78 Å². The second-order valence-electron chi connectivity index (χ2n) is 4.46. The summed E-state index contributed by atoms with van der Waals surface area (Å²) in [6.07, 6.45) is 2.88. The molecule has 0 saturated carbocycles. The van der Waals surface area contributed by atoms with Gasteiger partial charge in [-0.1, -0.05) is 31.9 Å². The van der Waals surface area contributed by atoms with E-state index in [0.29, 0.717) is 32.4 Å². The molecule has 0 bridgehead atoms. The summed E-state index contributed by atoms with van der Waals surface area (Å²) < 4.78 is 6.41. The highest BCUT2D eigenvalue weighted by Crippen LogP contribution is 2.32. The van der Waals surface area contributed by atoms with Gasteiger partial charge in [-0.2, -0.15) is 0 Å². The minimum absolute atomic E-state index is 0.209. The van der Waals surface area contributed by atoms with Crippen LogP contribution >= 0.6 is 31.9 Å². The Hall–Kier alpha value is -1.66. The number of allylic oxidation sites excluding steroid dienone is 2. The fourth-order valence-electron chi connectivity index (χ4n) is 2.15. The summed E-state index contributed by atoms with van der Waals surface area (Å²) in [5, 5.41) is 2.95. The molecule has 1 heterocycles. The Morgan fingerprint density at radius 3 is 2.43 bits per heavy atom. The number of benzene rings is 1. The molecule has 3 rings (SSSR count). The van der Waals surface area contributed by atoms with Gasteiger partial charge >= 0.3 is 0 Å². The topological polar surface area (TPSA) is 59.3 Å². The van der Waals surface area contributed by atoms with Crippen molar-refractivity contribution in [1.82, 2.24) is 5.32 Å². The highest BCUT2D eigenvalue weighted by molar-refractivity contribution is 9.11. The molecule has 0 amide bonds. The quantitative estimate of drug-likeness (QED) is 0.834. The molecule has 0 radical (unpaired) electrons. The Kier molecular flexibility index (Phi) is 3.82. The van der Waals surface area contributed by atoms with E-state index in [4.69, 9.17) is 4.42 Å². The SMILES string of the molecule is O=C1C=C(NCc2ccco2)C(=O)c2c(Br)ccc(Br)c21. The number of Topliss-reactive ketones (excluding diaryl/α,β-unsaturated/α-hetero) is 1. The van der Waals surface area contributed by atoms with Gasteiger partial charge in [-0.05, 0) is 24.3 Å². The number of carbonyl (C=O) groups is 2. The third-order valence-corrected chi connectivity index (χ3v) is 4.45. The van der Waals surface area contributed by atoms with E-state index in [9.17, 15) is 9.59 Å². The third-order valence-electron chi connectivity index (χ3n) is 3.13. The molecule has 21 heavy (non-hydrogen) atoms. The first kappa shape index (κ1) is 14.3. The zero-order chi connectivity index (χ0) is 15.0. The fraction of sp³-hybridized carbons (Fsp3) is 0.0667. The lowest BCUT2D eigenvalue weighted by atomic mass is 9.92. The lowest BCUT2D eigenvalue weighted by Gasteiger charge is -2.18. The zero-order valence-corrected chi connectivity index (χ0v) is 13.8. The molecule has 0 saturated heterocycles. The molecule has 1 aromatic heterocycles. The summed E-state index contributed by atoms with van der Waals surface area (Å²) in [4.78, 5) is 24.8. The predicted molar refractivity (Wildman–Crippen MR) is 84.1 cm³/mol. The van der Waals surface area contributed by atoms with Crippen molar-refractivity contribution in [1.29, 1.82) is 0 Å². The highest BCUT2D eigenvalue weighted by Gasteiger charge is 2.29. The van der Waals surface area contributed by atoms with E-state index in [1.807, 2.05) is 0 Å². The normalized spacial score (nSPS) is 13.9. The van der Waals surface area contributed by atoms with Gasteiger partial charge in [0.05, 0.1) is 24.1 Å². The molecule has 2 aromatic rings. The van der Waals surface area contributed by atoms with Crippen LogP contribution in [-0.2, 0) is 6.54 Å². The largest absolute Gasteiger partial charge is 0.467 e. The Morgan fingerprint density at radius 1 is 1.05 bits per heavy atom. The van der Waals surface area contributed by atoms with E-state index in [-0.39, 0.29) is 17.3 Å². The third kappa shape index (κ3) is 2.61.